The van der Waals surface area contributed by atoms with Gasteiger partial charge in [-0.25, -0.2) is 0 Å². The number of nitrogens with zero attached hydrogens (tertiary/aromatic N) is 1. The van der Waals surface area contributed by atoms with Crippen LogP contribution >= 0.6 is 35.2 Å². The van der Waals surface area contributed by atoms with Gasteiger partial charge in [0.05, 0.1) is 10.6 Å². The smallest absolute Gasteiger partial charge is 0.270 e. The molecule has 0 radical (unpaired) electrons. The van der Waals surface area contributed by atoms with Crippen LogP contribution in [0.5, 0.6) is 11.5 Å². The van der Waals surface area contributed by atoms with E-state index in [1.165, 1.54) is 22.3 Å². The normalized spacial score (nSPS) is 15.6. The van der Waals surface area contributed by atoms with E-state index in [0.717, 1.165) is 0 Å². The Morgan fingerprint density at radius 2 is 1.76 bits per heavy atom. The number of thiocarbonyl (C=S) groups is 1. The van der Waals surface area contributed by atoms with Crippen LogP contribution in [0.4, 0.5) is 5.69 Å². The highest BCUT2D eigenvalue weighted by Crippen LogP contribution is 2.32. The zero-order valence-electron chi connectivity index (χ0n) is 14.8. The Balaban J connectivity index is 1.67. The van der Waals surface area contributed by atoms with Crippen molar-refractivity contribution < 1.29 is 14.3 Å². The third-order valence-electron chi connectivity index (χ3n) is 4.09. The molecule has 3 aromatic rings. The van der Waals surface area contributed by atoms with Crippen molar-refractivity contribution in [2.24, 2.45) is 0 Å². The van der Waals surface area contributed by atoms with E-state index in [-0.39, 0.29) is 10.7 Å². The van der Waals surface area contributed by atoms with Gasteiger partial charge < -0.3 is 4.74 Å². The van der Waals surface area contributed by atoms with Gasteiger partial charge in [-0.3, -0.25) is 19.8 Å². The van der Waals surface area contributed by atoms with Gasteiger partial charge in [0, 0.05) is 5.02 Å². The zero-order chi connectivity index (χ0) is 20.4. The number of ether oxygens (including phenoxy) is 1. The molecular formula is C21H13ClN2O3S2. The molecule has 1 aliphatic heterocycles. The quantitative estimate of drug-likeness (QED) is 0.351. The fourth-order valence-electron chi connectivity index (χ4n) is 2.73. The summed E-state index contributed by atoms with van der Waals surface area (Å²) in [6.07, 6.45) is 1.52. The van der Waals surface area contributed by atoms with Crippen molar-refractivity contribution >= 4 is 63.8 Å². The zero-order valence-corrected chi connectivity index (χ0v) is 17.2. The van der Waals surface area contributed by atoms with E-state index in [2.05, 4.69) is 5.32 Å². The van der Waals surface area contributed by atoms with E-state index in [4.69, 9.17) is 28.6 Å². The highest BCUT2D eigenvalue weighted by molar-refractivity contribution is 7.80. The predicted octanol–water partition coefficient (Wildman–Crippen LogP) is 5.03. The average Bonchev–Trinajstić information content (AvgIpc) is 3.14. The van der Waals surface area contributed by atoms with E-state index in [1.807, 2.05) is 35.7 Å². The van der Waals surface area contributed by atoms with Crippen molar-refractivity contribution in [3.05, 3.63) is 81.5 Å². The second-order valence-electron chi connectivity index (χ2n) is 6.00. The van der Waals surface area contributed by atoms with Gasteiger partial charge in [0.25, 0.3) is 11.8 Å². The third kappa shape index (κ3) is 4.07. The molecule has 29 heavy (non-hydrogen) atoms. The lowest BCUT2D eigenvalue weighted by Crippen LogP contribution is -2.54. The van der Waals surface area contributed by atoms with Gasteiger partial charge in [0.15, 0.2) is 5.11 Å². The topological polar surface area (TPSA) is 58.6 Å². The Labute approximate surface area is 181 Å². The van der Waals surface area contributed by atoms with Crippen LogP contribution in [-0.4, -0.2) is 16.9 Å². The molecule has 1 aromatic heterocycles. The number of thiophene rings is 1. The number of hydrogen-bond acceptors (Lipinski definition) is 5. The number of amides is 2. The van der Waals surface area contributed by atoms with Crippen LogP contribution in [0.2, 0.25) is 5.02 Å². The molecule has 2 heterocycles. The lowest BCUT2D eigenvalue weighted by Gasteiger charge is -2.28. The summed E-state index contributed by atoms with van der Waals surface area (Å²) in [7, 11) is 0. The monoisotopic (exact) mass is 440 g/mol. The maximum atomic E-state index is 13.1. The van der Waals surface area contributed by atoms with Crippen LogP contribution in [-0.2, 0) is 9.59 Å². The minimum atomic E-state index is -0.552. The first kappa shape index (κ1) is 19.3. The second-order valence-corrected chi connectivity index (χ2v) is 7.77. The average molecular weight is 441 g/mol. The van der Waals surface area contributed by atoms with Crippen LogP contribution in [0.1, 0.15) is 4.88 Å². The van der Waals surface area contributed by atoms with Crippen LogP contribution in [0.15, 0.2) is 71.6 Å². The number of para-hydroxylation sites is 1. The minimum Gasteiger partial charge on any atom is -0.456 e. The first-order valence-electron chi connectivity index (χ1n) is 8.50. The number of rotatable bonds is 4. The second kappa shape index (κ2) is 8.16. The van der Waals surface area contributed by atoms with Gasteiger partial charge in [-0.1, -0.05) is 29.8 Å². The first-order chi connectivity index (χ1) is 14.0. The molecule has 0 aliphatic carbocycles. The molecule has 8 heteroatoms. The molecule has 144 valence electrons. The molecular weight excluding hydrogens is 428 g/mol. The van der Waals surface area contributed by atoms with Crippen LogP contribution in [0, 0.1) is 0 Å². The number of nitrogens with one attached hydrogen (secondary N) is 1. The molecule has 2 amide bonds. The summed E-state index contributed by atoms with van der Waals surface area (Å²) in [6, 6.07) is 17.7. The Morgan fingerprint density at radius 1 is 1.03 bits per heavy atom. The molecule has 1 aliphatic rings. The molecule has 1 N–H and O–H groups in total. The number of benzene rings is 2. The number of anilines is 1. The summed E-state index contributed by atoms with van der Waals surface area (Å²) < 4.78 is 5.88. The maximum absolute atomic E-state index is 13.1. The van der Waals surface area contributed by atoms with E-state index < -0.39 is 11.8 Å². The number of hydrogen-bond donors (Lipinski definition) is 1. The van der Waals surface area contributed by atoms with E-state index in [1.54, 1.807) is 30.3 Å². The lowest BCUT2D eigenvalue weighted by molar-refractivity contribution is -0.122. The van der Waals surface area contributed by atoms with Gasteiger partial charge in [-0.15, -0.1) is 11.3 Å². The van der Waals surface area contributed by atoms with E-state index in [0.29, 0.717) is 27.1 Å². The van der Waals surface area contributed by atoms with Crippen molar-refractivity contribution in [2.75, 3.05) is 4.90 Å². The standard InChI is InChI=1S/C21H13ClN2O3S2/c22-13-6-8-14(9-7-13)24-20(26)16(19(25)23-21(24)28)12-18-17(10-11-29-18)27-15-4-2-1-3-5-15/h1-12H,(H,23,25,28). The third-order valence-corrected chi connectivity index (χ3v) is 5.47. The van der Waals surface area contributed by atoms with E-state index in [9.17, 15) is 9.59 Å². The Hall–Kier alpha value is -3.00. The largest absolute Gasteiger partial charge is 0.456 e. The van der Waals surface area contributed by atoms with Crippen molar-refractivity contribution in [1.29, 1.82) is 0 Å². The summed E-state index contributed by atoms with van der Waals surface area (Å²) in [5, 5.41) is 4.95. The summed E-state index contributed by atoms with van der Waals surface area (Å²) in [5.41, 5.74) is 0.483. The maximum Gasteiger partial charge on any atom is 0.270 e. The predicted molar refractivity (Wildman–Crippen MR) is 118 cm³/mol. The van der Waals surface area contributed by atoms with Crippen molar-refractivity contribution in [3.63, 3.8) is 0 Å². The van der Waals surface area contributed by atoms with Crippen molar-refractivity contribution in [2.45, 2.75) is 0 Å². The fraction of sp³-hybridized carbons (Fsp3) is 0. The van der Waals surface area contributed by atoms with Gasteiger partial charge in [0.2, 0.25) is 0 Å². The number of carbonyl (C=O) groups excluding carboxylic acids is 2. The van der Waals surface area contributed by atoms with E-state index >= 15 is 0 Å². The van der Waals surface area contributed by atoms with Gasteiger partial charge in [-0.2, -0.15) is 0 Å². The molecule has 0 spiro atoms. The molecule has 0 atom stereocenters. The SMILES string of the molecule is O=C1NC(=S)N(c2ccc(Cl)cc2)C(=O)C1=Cc1sccc1Oc1ccccc1. The molecule has 4 rings (SSSR count). The highest BCUT2D eigenvalue weighted by Gasteiger charge is 2.34. The lowest BCUT2D eigenvalue weighted by atomic mass is 10.1. The van der Waals surface area contributed by atoms with Crippen molar-refractivity contribution in [1.82, 2.24) is 5.32 Å². The number of halogens is 1. The summed E-state index contributed by atoms with van der Waals surface area (Å²) >= 11 is 12.5. The van der Waals surface area contributed by atoms with Crippen LogP contribution in [0.3, 0.4) is 0 Å². The van der Waals surface area contributed by atoms with Gasteiger partial charge in [0.1, 0.15) is 17.1 Å². The molecule has 1 fully saturated rings. The molecule has 0 saturated carbocycles. The van der Waals surface area contributed by atoms with Crippen molar-refractivity contribution in [3.8, 4) is 11.5 Å². The van der Waals surface area contributed by atoms with Crippen LogP contribution in [0.25, 0.3) is 6.08 Å². The number of carbonyl (C=O) groups is 2. The molecule has 2 aromatic carbocycles. The van der Waals surface area contributed by atoms with Gasteiger partial charge in [-0.05, 0) is 66.1 Å². The Kier molecular flexibility index (Phi) is 5.44. The molecule has 1 saturated heterocycles. The summed E-state index contributed by atoms with van der Waals surface area (Å²) in [6.45, 7) is 0. The first-order valence-corrected chi connectivity index (χ1v) is 10.2. The van der Waals surface area contributed by atoms with Gasteiger partial charge >= 0.3 is 0 Å². The fourth-order valence-corrected chi connectivity index (χ4v) is 3.88. The summed E-state index contributed by atoms with van der Waals surface area (Å²) in [4.78, 5) is 27.5. The summed E-state index contributed by atoms with van der Waals surface area (Å²) in [5.74, 6) is 0.152. The molecule has 5 nitrogen and oxygen atoms in total. The molecule has 0 unspecified atom stereocenters. The Bertz CT molecular complexity index is 1120. The minimum absolute atomic E-state index is 0.0198. The van der Waals surface area contributed by atoms with Crippen LogP contribution < -0.4 is 15.0 Å². The Morgan fingerprint density at radius 3 is 2.48 bits per heavy atom. The molecule has 0 bridgehead atoms. The highest BCUT2D eigenvalue weighted by atomic mass is 35.5.